The number of amides is 2. The fourth-order valence-corrected chi connectivity index (χ4v) is 5.52. The molecule has 1 heterocycles. The largest absolute Gasteiger partial charge is 0.335 e. The van der Waals surface area contributed by atoms with Crippen LogP contribution >= 0.6 is 11.3 Å². The van der Waals surface area contributed by atoms with Gasteiger partial charge in [-0.3, -0.25) is 9.59 Å². The molecule has 31 heavy (non-hydrogen) atoms. The van der Waals surface area contributed by atoms with Crippen LogP contribution in [0.5, 0.6) is 0 Å². The number of anilines is 1. The van der Waals surface area contributed by atoms with Crippen LogP contribution in [0, 0.1) is 5.92 Å². The van der Waals surface area contributed by atoms with Crippen molar-refractivity contribution in [1.29, 1.82) is 0 Å². The van der Waals surface area contributed by atoms with Gasteiger partial charge in [-0.05, 0) is 28.8 Å². The molecule has 2 aromatic carbocycles. The van der Waals surface area contributed by atoms with E-state index in [1.165, 1.54) is 18.0 Å². The van der Waals surface area contributed by atoms with E-state index in [1.807, 2.05) is 36.4 Å². The summed E-state index contributed by atoms with van der Waals surface area (Å²) in [7, 11) is -2.33. The number of thiophene rings is 1. The summed E-state index contributed by atoms with van der Waals surface area (Å²) < 4.78 is 27.8. The van der Waals surface area contributed by atoms with Gasteiger partial charge in [0.2, 0.25) is 11.8 Å². The second kappa shape index (κ2) is 9.59. The first-order valence-corrected chi connectivity index (χ1v) is 12.1. The maximum Gasteiger partial charge on any atom is 0.250 e. The van der Waals surface area contributed by atoms with Crippen molar-refractivity contribution in [3.05, 3.63) is 60.0 Å². The van der Waals surface area contributed by atoms with Crippen molar-refractivity contribution in [1.82, 2.24) is 9.62 Å². The van der Waals surface area contributed by atoms with Gasteiger partial charge >= 0.3 is 0 Å². The topological polar surface area (TPSA) is 95.6 Å². The molecule has 0 saturated carbocycles. The molecule has 0 aliphatic rings. The third-order valence-electron chi connectivity index (χ3n) is 4.80. The molecule has 0 spiro atoms. The summed E-state index contributed by atoms with van der Waals surface area (Å²) in [5.41, 5.74) is 0.655. The molecule has 0 saturated heterocycles. The highest BCUT2D eigenvalue weighted by molar-refractivity contribution is 7.91. The van der Waals surface area contributed by atoms with Gasteiger partial charge in [0.15, 0.2) is 0 Å². The van der Waals surface area contributed by atoms with Crippen LogP contribution in [0.25, 0.3) is 10.8 Å². The number of carbonyl (C=O) groups excluding carboxylic acids is 2. The van der Waals surface area contributed by atoms with Crippen molar-refractivity contribution < 1.29 is 18.0 Å². The van der Waals surface area contributed by atoms with Gasteiger partial charge in [-0.1, -0.05) is 56.3 Å². The minimum atomic E-state index is -3.82. The Hall–Kier alpha value is -2.75. The smallest absolute Gasteiger partial charge is 0.250 e. The Morgan fingerprint density at radius 1 is 1.03 bits per heavy atom. The van der Waals surface area contributed by atoms with E-state index in [4.69, 9.17) is 0 Å². The minimum Gasteiger partial charge on any atom is -0.335 e. The first-order valence-electron chi connectivity index (χ1n) is 9.77. The molecule has 1 atom stereocenters. The number of nitrogens with zero attached hydrogens (tertiary/aromatic N) is 1. The minimum absolute atomic E-state index is 0.141. The maximum absolute atomic E-state index is 13.0. The number of fused-ring (bicyclic) bond motifs is 1. The van der Waals surface area contributed by atoms with Crippen molar-refractivity contribution in [3.63, 3.8) is 0 Å². The molecule has 9 heteroatoms. The highest BCUT2D eigenvalue weighted by Crippen LogP contribution is 2.23. The van der Waals surface area contributed by atoms with Crippen molar-refractivity contribution in [2.45, 2.75) is 24.1 Å². The SMILES string of the molecule is CC(C)[C@@H](NS(=O)(=O)c1cccs1)C(=O)N(C)CC(=O)Nc1cccc2ccccc12. The van der Waals surface area contributed by atoms with E-state index in [2.05, 4.69) is 10.0 Å². The van der Waals surface area contributed by atoms with Crippen LogP contribution < -0.4 is 10.0 Å². The number of carbonyl (C=O) groups is 2. The monoisotopic (exact) mass is 459 g/mol. The lowest BCUT2D eigenvalue weighted by Crippen LogP contribution is -2.51. The van der Waals surface area contributed by atoms with Crippen LogP contribution in [0.15, 0.2) is 64.2 Å². The number of hydrogen-bond donors (Lipinski definition) is 2. The van der Waals surface area contributed by atoms with Crippen molar-refractivity contribution in [2.24, 2.45) is 5.92 Å². The van der Waals surface area contributed by atoms with E-state index >= 15 is 0 Å². The van der Waals surface area contributed by atoms with E-state index in [-0.39, 0.29) is 22.6 Å². The van der Waals surface area contributed by atoms with E-state index in [1.54, 1.807) is 31.4 Å². The summed E-state index contributed by atoms with van der Waals surface area (Å²) in [6.07, 6.45) is 0. The molecular formula is C22H25N3O4S2. The molecule has 0 unspecified atom stereocenters. The Morgan fingerprint density at radius 2 is 1.74 bits per heavy atom. The molecule has 0 aliphatic heterocycles. The molecule has 2 amide bonds. The zero-order valence-corrected chi connectivity index (χ0v) is 19.2. The summed E-state index contributed by atoms with van der Waals surface area (Å²) in [5, 5.41) is 6.39. The highest BCUT2D eigenvalue weighted by atomic mass is 32.2. The lowest BCUT2D eigenvalue weighted by molar-refractivity contribution is -0.135. The van der Waals surface area contributed by atoms with Gasteiger partial charge in [-0.25, -0.2) is 8.42 Å². The fourth-order valence-electron chi connectivity index (χ4n) is 3.17. The van der Waals surface area contributed by atoms with Crippen LogP contribution in [-0.2, 0) is 19.6 Å². The lowest BCUT2D eigenvalue weighted by atomic mass is 10.0. The van der Waals surface area contributed by atoms with E-state index in [0.29, 0.717) is 5.69 Å². The first-order chi connectivity index (χ1) is 14.7. The fraction of sp³-hybridized carbons (Fsp3) is 0.273. The van der Waals surface area contributed by atoms with Gasteiger partial charge in [-0.15, -0.1) is 11.3 Å². The third-order valence-corrected chi connectivity index (χ3v) is 7.63. The number of nitrogens with one attached hydrogen (secondary N) is 2. The first kappa shape index (κ1) is 22.9. The van der Waals surface area contributed by atoms with Crippen LogP contribution in [-0.4, -0.2) is 44.8 Å². The van der Waals surface area contributed by atoms with Crippen molar-refractivity contribution in [2.75, 3.05) is 18.9 Å². The Bertz CT molecular complexity index is 1170. The second-order valence-corrected chi connectivity index (χ2v) is 10.4. The number of hydrogen-bond acceptors (Lipinski definition) is 5. The van der Waals surface area contributed by atoms with Gasteiger partial charge in [0.05, 0.1) is 6.54 Å². The van der Waals surface area contributed by atoms with Crippen LogP contribution in [0.3, 0.4) is 0 Å². The Morgan fingerprint density at radius 3 is 2.42 bits per heavy atom. The number of sulfonamides is 1. The standard InChI is InChI=1S/C22H25N3O4S2/c1-15(2)21(24-31(28,29)20-12-7-13-30-20)22(27)25(3)14-19(26)23-18-11-6-9-16-8-4-5-10-17(16)18/h4-13,15,21,24H,14H2,1-3H3,(H,23,26)/t21-/m1/s1. The summed E-state index contributed by atoms with van der Waals surface area (Å²) in [5.74, 6) is -1.13. The highest BCUT2D eigenvalue weighted by Gasteiger charge is 2.31. The molecule has 164 valence electrons. The average molecular weight is 460 g/mol. The van der Waals surface area contributed by atoms with Gasteiger partial charge in [-0.2, -0.15) is 4.72 Å². The molecule has 1 aromatic heterocycles. The zero-order valence-electron chi connectivity index (χ0n) is 17.5. The molecule has 0 aliphatic carbocycles. The Kier molecular flexibility index (Phi) is 7.09. The van der Waals surface area contributed by atoms with Gasteiger partial charge in [0.1, 0.15) is 10.3 Å². The van der Waals surface area contributed by atoms with Crippen LogP contribution in [0.2, 0.25) is 0 Å². The van der Waals surface area contributed by atoms with Crippen molar-refractivity contribution >= 4 is 49.6 Å². The molecule has 0 fully saturated rings. The van der Waals surface area contributed by atoms with E-state index in [0.717, 1.165) is 22.1 Å². The predicted octanol–water partition coefficient (Wildman–Crippen LogP) is 3.30. The van der Waals surface area contributed by atoms with Gasteiger partial charge in [0, 0.05) is 18.1 Å². The normalized spacial score (nSPS) is 12.6. The molecule has 7 nitrogen and oxygen atoms in total. The summed E-state index contributed by atoms with van der Waals surface area (Å²) >= 11 is 1.08. The van der Waals surface area contributed by atoms with E-state index < -0.39 is 22.0 Å². The predicted molar refractivity (Wildman–Crippen MR) is 123 cm³/mol. The quantitative estimate of drug-likeness (QED) is 0.540. The number of likely N-dealkylation sites (N-methyl/N-ethyl adjacent to an activating group) is 1. The Balaban J connectivity index is 1.69. The van der Waals surface area contributed by atoms with Crippen LogP contribution in [0.4, 0.5) is 5.69 Å². The molecular weight excluding hydrogens is 434 g/mol. The summed E-state index contributed by atoms with van der Waals surface area (Å²) in [6.45, 7) is 3.30. The Labute approximate surface area is 186 Å². The summed E-state index contributed by atoms with van der Waals surface area (Å²) in [4.78, 5) is 26.8. The van der Waals surface area contributed by atoms with Crippen molar-refractivity contribution in [3.8, 4) is 0 Å². The molecule has 3 rings (SSSR count). The van der Waals surface area contributed by atoms with Gasteiger partial charge < -0.3 is 10.2 Å². The maximum atomic E-state index is 13.0. The van der Waals surface area contributed by atoms with E-state index in [9.17, 15) is 18.0 Å². The third kappa shape index (κ3) is 5.49. The number of rotatable bonds is 8. The molecule has 0 radical (unpaired) electrons. The van der Waals surface area contributed by atoms with Gasteiger partial charge in [0.25, 0.3) is 10.0 Å². The number of benzene rings is 2. The van der Waals surface area contributed by atoms with Crippen LogP contribution in [0.1, 0.15) is 13.8 Å². The second-order valence-electron chi connectivity index (χ2n) is 7.54. The lowest BCUT2D eigenvalue weighted by Gasteiger charge is -2.26. The molecule has 3 aromatic rings. The molecule has 2 N–H and O–H groups in total. The summed E-state index contributed by atoms with van der Waals surface area (Å²) in [6, 6.07) is 15.4. The average Bonchev–Trinajstić information content (AvgIpc) is 3.27. The zero-order chi connectivity index (χ0) is 22.6. The molecule has 0 bridgehead atoms.